The smallest absolute Gasteiger partial charge is 0.255 e. The van der Waals surface area contributed by atoms with Crippen molar-refractivity contribution in [1.29, 1.82) is 0 Å². The maximum atomic E-state index is 12.8. The highest BCUT2D eigenvalue weighted by atomic mass is 16.5. The lowest BCUT2D eigenvalue weighted by atomic mass is 10.1. The Labute approximate surface area is 170 Å². The van der Waals surface area contributed by atoms with Crippen molar-refractivity contribution in [3.8, 4) is 5.75 Å². The molecule has 3 aromatic rings. The molecule has 2 N–H and O–H groups in total. The van der Waals surface area contributed by atoms with Gasteiger partial charge in [0.1, 0.15) is 5.75 Å². The summed E-state index contributed by atoms with van der Waals surface area (Å²) in [5.74, 6) is 0.173. The first-order valence-corrected chi connectivity index (χ1v) is 9.57. The molecule has 0 aliphatic carbocycles. The summed E-state index contributed by atoms with van der Waals surface area (Å²) in [5.41, 5.74) is 2.37. The molecule has 5 nitrogen and oxygen atoms in total. The van der Waals surface area contributed by atoms with E-state index in [0.29, 0.717) is 29.2 Å². The van der Waals surface area contributed by atoms with Gasteiger partial charge in [-0.1, -0.05) is 42.5 Å². The quantitative estimate of drug-likeness (QED) is 0.609. The molecule has 3 aromatic carbocycles. The minimum Gasteiger partial charge on any atom is -0.494 e. The Balaban J connectivity index is 1.72. The van der Waals surface area contributed by atoms with Gasteiger partial charge < -0.3 is 15.4 Å². The lowest BCUT2D eigenvalue weighted by molar-refractivity contribution is 0.0941. The Hall–Kier alpha value is -3.60. The fourth-order valence-corrected chi connectivity index (χ4v) is 2.95. The fourth-order valence-electron chi connectivity index (χ4n) is 2.95. The van der Waals surface area contributed by atoms with E-state index in [1.807, 2.05) is 44.2 Å². The Morgan fingerprint density at radius 1 is 0.862 bits per heavy atom. The van der Waals surface area contributed by atoms with E-state index in [-0.39, 0.29) is 17.9 Å². The second-order valence-electron chi connectivity index (χ2n) is 6.56. The van der Waals surface area contributed by atoms with Gasteiger partial charge in [-0.25, -0.2) is 0 Å². The molecule has 0 bridgehead atoms. The van der Waals surface area contributed by atoms with E-state index >= 15 is 0 Å². The molecule has 0 aromatic heterocycles. The van der Waals surface area contributed by atoms with Crippen LogP contribution in [0.5, 0.6) is 5.75 Å². The predicted octanol–water partition coefficient (Wildman–Crippen LogP) is 4.83. The SMILES string of the molecule is CCOc1ccc(C(=O)Nc2ccccc2C(=O)N[C@@H](C)c2ccccc2)cc1. The minimum absolute atomic E-state index is 0.154. The number of anilines is 1. The summed E-state index contributed by atoms with van der Waals surface area (Å²) in [4.78, 5) is 25.4. The number of carbonyl (C=O) groups excluding carboxylic acids is 2. The van der Waals surface area contributed by atoms with Gasteiger partial charge in [-0.15, -0.1) is 0 Å². The molecule has 3 rings (SSSR count). The van der Waals surface area contributed by atoms with E-state index in [9.17, 15) is 9.59 Å². The number of rotatable bonds is 7. The van der Waals surface area contributed by atoms with Crippen LogP contribution in [0.25, 0.3) is 0 Å². The highest BCUT2D eigenvalue weighted by Gasteiger charge is 2.16. The van der Waals surface area contributed by atoms with Crippen LogP contribution in [0.3, 0.4) is 0 Å². The number of para-hydroxylation sites is 1. The molecule has 0 heterocycles. The Bertz CT molecular complexity index is 969. The number of benzene rings is 3. The van der Waals surface area contributed by atoms with Crippen molar-refractivity contribution >= 4 is 17.5 Å². The molecule has 0 saturated heterocycles. The number of ether oxygens (including phenoxy) is 1. The molecule has 29 heavy (non-hydrogen) atoms. The lowest BCUT2D eigenvalue weighted by Gasteiger charge is -2.16. The average Bonchev–Trinajstić information content (AvgIpc) is 2.75. The lowest BCUT2D eigenvalue weighted by Crippen LogP contribution is -2.28. The van der Waals surface area contributed by atoms with Crippen LogP contribution in [0.15, 0.2) is 78.9 Å². The van der Waals surface area contributed by atoms with Crippen LogP contribution in [0.1, 0.15) is 46.2 Å². The van der Waals surface area contributed by atoms with Crippen molar-refractivity contribution < 1.29 is 14.3 Å². The highest BCUT2D eigenvalue weighted by molar-refractivity contribution is 6.09. The standard InChI is InChI=1S/C24H24N2O3/c1-3-29-20-15-13-19(14-16-20)23(27)26-22-12-8-7-11-21(22)24(28)25-17(2)18-9-5-4-6-10-18/h4-17H,3H2,1-2H3,(H,25,28)(H,26,27)/t17-/m0/s1. The Kier molecular flexibility index (Phi) is 6.63. The summed E-state index contributed by atoms with van der Waals surface area (Å²) >= 11 is 0. The van der Waals surface area contributed by atoms with Gasteiger partial charge in [-0.2, -0.15) is 0 Å². The second-order valence-corrected chi connectivity index (χ2v) is 6.56. The maximum Gasteiger partial charge on any atom is 0.255 e. The summed E-state index contributed by atoms with van der Waals surface area (Å²) in [6.45, 7) is 4.39. The van der Waals surface area contributed by atoms with Crippen molar-refractivity contribution in [1.82, 2.24) is 5.32 Å². The molecular formula is C24H24N2O3. The Morgan fingerprint density at radius 3 is 2.21 bits per heavy atom. The molecule has 0 aliphatic rings. The number of hydrogen-bond donors (Lipinski definition) is 2. The zero-order valence-corrected chi connectivity index (χ0v) is 16.5. The summed E-state index contributed by atoms with van der Waals surface area (Å²) in [6, 6.07) is 23.4. The summed E-state index contributed by atoms with van der Waals surface area (Å²) < 4.78 is 5.40. The third kappa shape index (κ3) is 5.23. The van der Waals surface area contributed by atoms with Gasteiger partial charge in [0.2, 0.25) is 0 Å². The van der Waals surface area contributed by atoms with Gasteiger partial charge in [0, 0.05) is 5.56 Å². The van der Waals surface area contributed by atoms with Crippen molar-refractivity contribution in [3.63, 3.8) is 0 Å². The average molecular weight is 388 g/mol. The van der Waals surface area contributed by atoms with Crippen molar-refractivity contribution in [3.05, 3.63) is 95.6 Å². The molecule has 0 spiro atoms. The van der Waals surface area contributed by atoms with Crippen molar-refractivity contribution in [2.45, 2.75) is 19.9 Å². The largest absolute Gasteiger partial charge is 0.494 e. The van der Waals surface area contributed by atoms with E-state index in [4.69, 9.17) is 4.74 Å². The molecule has 148 valence electrons. The van der Waals surface area contributed by atoms with E-state index in [1.165, 1.54) is 0 Å². The fraction of sp³-hybridized carbons (Fsp3) is 0.167. The zero-order valence-electron chi connectivity index (χ0n) is 16.5. The van der Waals surface area contributed by atoms with Crippen LogP contribution in [-0.4, -0.2) is 18.4 Å². The topological polar surface area (TPSA) is 67.4 Å². The van der Waals surface area contributed by atoms with Crippen LogP contribution in [0.2, 0.25) is 0 Å². The number of amides is 2. The molecule has 0 saturated carbocycles. The number of nitrogens with one attached hydrogen (secondary N) is 2. The van der Waals surface area contributed by atoms with Crippen LogP contribution in [0, 0.1) is 0 Å². The summed E-state index contributed by atoms with van der Waals surface area (Å²) in [7, 11) is 0. The van der Waals surface area contributed by atoms with Gasteiger partial charge in [-0.05, 0) is 55.8 Å². The molecule has 0 fully saturated rings. The van der Waals surface area contributed by atoms with Crippen molar-refractivity contribution in [2.75, 3.05) is 11.9 Å². The molecule has 0 unspecified atom stereocenters. The van der Waals surface area contributed by atoms with Crippen molar-refractivity contribution in [2.24, 2.45) is 0 Å². The first kappa shape index (κ1) is 20.1. The van der Waals surface area contributed by atoms with E-state index < -0.39 is 0 Å². The monoisotopic (exact) mass is 388 g/mol. The Morgan fingerprint density at radius 2 is 1.52 bits per heavy atom. The minimum atomic E-state index is -0.288. The first-order valence-electron chi connectivity index (χ1n) is 9.57. The molecule has 5 heteroatoms. The highest BCUT2D eigenvalue weighted by Crippen LogP contribution is 2.19. The number of carbonyl (C=O) groups is 2. The normalized spacial score (nSPS) is 11.4. The molecular weight excluding hydrogens is 364 g/mol. The van der Waals surface area contributed by atoms with Gasteiger partial charge in [0.15, 0.2) is 0 Å². The number of hydrogen-bond acceptors (Lipinski definition) is 3. The summed E-state index contributed by atoms with van der Waals surface area (Å²) in [5, 5.41) is 5.81. The molecule has 1 atom stereocenters. The van der Waals surface area contributed by atoms with Gasteiger partial charge in [-0.3, -0.25) is 9.59 Å². The molecule has 0 radical (unpaired) electrons. The zero-order chi connectivity index (χ0) is 20.6. The van der Waals surface area contributed by atoms with Crippen LogP contribution in [-0.2, 0) is 0 Å². The van der Waals surface area contributed by atoms with Gasteiger partial charge in [0.25, 0.3) is 11.8 Å². The third-order valence-corrected chi connectivity index (χ3v) is 4.49. The van der Waals surface area contributed by atoms with E-state index in [2.05, 4.69) is 10.6 Å². The predicted molar refractivity (Wildman–Crippen MR) is 114 cm³/mol. The molecule has 0 aliphatic heterocycles. The van der Waals surface area contributed by atoms with E-state index in [1.54, 1.807) is 48.5 Å². The van der Waals surface area contributed by atoms with E-state index in [0.717, 1.165) is 5.56 Å². The van der Waals surface area contributed by atoms with Gasteiger partial charge >= 0.3 is 0 Å². The first-order chi connectivity index (χ1) is 14.1. The van der Waals surface area contributed by atoms with Gasteiger partial charge in [0.05, 0.1) is 23.9 Å². The maximum absolute atomic E-state index is 12.8. The molecule has 2 amide bonds. The van der Waals surface area contributed by atoms with Crippen LogP contribution >= 0.6 is 0 Å². The second kappa shape index (κ2) is 9.55. The summed E-state index contributed by atoms with van der Waals surface area (Å²) in [6.07, 6.45) is 0. The third-order valence-electron chi connectivity index (χ3n) is 4.49. The van der Waals surface area contributed by atoms with Crippen LogP contribution < -0.4 is 15.4 Å². The van der Waals surface area contributed by atoms with Crippen LogP contribution in [0.4, 0.5) is 5.69 Å².